The van der Waals surface area contributed by atoms with E-state index in [-0.39, 0.29) is 18.0 Å². The average molecular weight is 306 g/mol. The fourth-order valence-electron chi connectivity index (χ4n) is 2.29. The number of nitrogens with zero attached hydrogens (tertiary/aromatic N) is 4. The van der Waals surface area contributed by atoms with Gasteiger partial charge in [-0.2, -0.15) is 5.26 Å². The molecule has 7 nitrogen and oxygen atoms in total. The van der Waals surface area contributed by atoms with Crippen molar-refractivity contribution in [3.8, 4) is 17.3 Å². The molecule has 1 N–H and O–H groups in total. The predicted octanol–water partition coefficient (Wildman–Crippen LogP) is 1.98. The second-order valence-corrected chi connectivity index (χ2v) is 4.60. The summed E-state index contributed by atoms with van der Waals surface area (Å²) >= 11 is 0. The van der Waals surface area contributed by atoms with Crippen molar-refractivity contribution in [2.24, 2.45) is 5.16 Å². The van der Waals surface area contributed by atoms with Gasteiger partial charge in [-0.05, 0) is 0 Å². The third kappa shape index (κ3) is 2.32. The molecular formula is C16H10N4O3. The van der Waals surface area contributed by atoms with Gasteiger partial charge in [0.15, 0.2) is 11.4 Å². The van der Waals surface area contributed by atoms with Gasteiger partial charge in [-0.1, -0.05) is 42.1 Å². The second-order valence-electron chi connectivity index (χ2n) is 4.60. The normalized spacial score (nSPS) is 13.1. The van der Waals surface area contributed by atoms with Crippen LogP contribution in [0.5, 0.6) is 0 Å². The van der Waals surface area contributed by atoms with E-state index in [1.807, 2.05) is 6.07 Å². The highest BCUT2D eigenvalue weighted by Crippen LogP contribution is 2.35. The van der Waals surface area contributed by atoms with Crippen LogP contribution >= 0.6 is 0 Å². The molecule has 0 unspecified atom stereocenters. The zero-order valence-electron chi connectivity index (χ0n) is 11.9. The van der Waals surface area contributed by atoms with Gasteiger partial charge in [-0.3, -0.25) is 0 Å². The molecule has 0 atom stereocenters. The molecule has 0 radical (unpaired) electrons. The van der Waals surface area contributed by atoms with E-state index in [1.165, 1.54) is 0 Å². The lowest BCUT2D eigenvalue weighted by molar-refractivity contribution is 0.0689. The largest absolute Gasteiger partial charge is 0.476 e. The first-order valence-corrected chi connectivity index (χ1v) is 6.63. The lowest BCUT2D eigenvalue weighted by Gasteiger charge is -2.03. The van der Waals surface area contributed by atoms with Crippen molar-refractivity contribution in [1.82, 2.24) is 9.97 Å². The fraction of sp³-hybridized carbons (Fsp3) is 0.0625. The third-order valence-corrected chi connectivity index (χ3v) is 3.21. The number of hydrogen-bond acceptors (Lipinski definition) is 6. The number of carbonyl (C=O) groups is 1. The summed E-state index contributed by atoms with van der Waals surface area (Å²) in [5.74, 6) is -1.30. The zero-order valence-corrected chi connectivity index (χ0v) is 11.9. The minimum Gasteiger partial charge on any atom is -0.476 e. The maximum atomic E-state index is 11.3. The molecule has 1 aliphatic carbocycles. The summed E-state index contributed by atoms with van der Waals surface area (Å²) in [6.07, 6.45) is 1.55. The molecule has 0 saturated carbocycles. The monoisotopic (exact) mass is 306 g/mol. The average Bonchev–Trinajstić information content (AvgIpc) is 2.87. The van der Waals surface area contributed by atoms with E-state index < -0.39 is 5.97 Å². The quantitative estimate of drug-likeness (QED) is 0.448. The van der Waals surface area contributed by atoms with Crippen molar-refractivity contribution >= 4 is 11.7 Å². The highest BCUT2D eigenvalue weighted by molar-refractivity contribution is 6.22. The van der Waals surface area contributed by atoms with Crippen LogP contribution in [0.4, 0.5) is 0 Å². The molecule has 0 aliphatic heterocycles. The van der Waals surface area contributed by atoms with Crippen LogP contribution in [0, 0.1) is 11.3 Å². The van der Waals surface area contributed by atoms with Gasteiger partial charge in [0.25, 0.3) is 0 Å². The SMILES string of the molecule is C=CCON=C1c2ccccc2-c2nc(C(=O)O)c(C#N)nc21. The van der Waals surface area contributed by atoms with E-state index in [4.69, 9.17) is 10.1 Å². The number of rotatable bonds is 4. The molecule has 0 spiro atoms. The first kappa shape index (κ1) is 14.4. The fourth-order valence-corrected chi connectivity index (χ4v) is 2.29. The van der Waals surface area contributed by atoms with Gasteiger partial charge in [-0.15, -0.1) is 0 Å². The number of aromatic carboxylic acids is 1. The maximum Gasteiger partial charge on any atom is 0.357 e. The van der Waals surface area contributed by atoms with Crippen LogP contribution in [0.3, 0.4) is 0 Å². The molecule has 1 aliphatic rings. The van der Waals surface area contributed by atoms with Crippen molar-refractivity contribution in [2.45, 2.75) is 0 Å². The molecule has 0 fully saturated rings. The van der Waals surface area contributed by atoms with E-state index in [0.29, 0.717) is 22.7 Å². The molecular weight excluding hydrogens is 296 g/mol. The molecule has 1 aromatic carbocycles. The molecule has 2 aromatic rings. The lowest BCUT2D eigenvalue weighted by Crippen LogP contribution is -2.11. The lowest BCUT2D eigenvalue weighted by atomic mass is 10.1. The van der Waals surface area contributed by atoms with Crippen LogP contribution in [-0.2, 0) is 4.84 Å². The zero-order chi connectivity index (χ0) is 16.4. The van der Waals surface area contributed by atoms with Crippen molar-refractivity contribution in [2.75, 3.05) is 6.61 Å². The van der Waals surface area contributed by atoms with Crippen LogP contribution in [-0.4, -0.2) is 33.4 Å². The summed E-state index contributed by atoms with van der Waals surface area (Å²) in [4.78, 5) is 24.6. The summed E-state index contributed by atoms with van der Waals surface area (Å²) in [6, 6.07) is 8.97. The van der Waals surface area contributed by atoms with Crippen molar-refractivity contribution < 1.29 is 14.7 Å². The van der Waals surface area contributed by atoms with Crippen molar-refractivity contribution in [3.63, 3.8) is 0 Å². The minimum atomic E-state index is -1.30. The summed E-state index contributed by atoms with van der Waals surface area (Å²) in [5, 5.41) is 22.3. The maximum absolute atomic E-state index is 11.3. The Bertz CT molecular complexity index is 897. The van der Waals surface area contributed by atoms with Gasteiger partial charge >= 0.3 is 5.97 Å². The Hall–Kier alpha value is -3.53. The second kappa shape index (κ2) is 5.69. The van der Waals surface area contributed by atoms with Crippen LogP contribution < -0.4 is 0 Å². The summed E-state index contributed by atoms with van der Waals surface area (Å²) < 4.78 is 0. The number of carboxylic acids is 1. The van der Waals surface area contributed by atoms with Crippen LogP contribution in [0.1, 0.15) is 27.4 Å². The molecule has 0 amide bonds. The molecule has 7 heteroatoms. The number of carboxylic acid groups (broad SMARTS) is 1. The number of hydrogen-bond donors (Lipinski definition) is 1. The van der Waals surface area contributed by atoms with Gasteiger partial charge < -0.3 is 9.94 Å². The molecule has 112 valence electrons. The number of nitriles is 1. The highest BCUT2D eigenvalue weighted by atomic mass is 16.6. The number of oxime groups is 1. The Morgan fingerprint density at radius 2 is 2.09 bits per heavy atom. The Balaban J connectivity index is 2.26. The van der Waals surface area contributed by atoms with E-state index >= 15 is 0 Å². The van der Waals surface area contributed by atoms with E-state index in [0.717, 1.165) is 5.56 Å². The van der Waals surface area contributed by atoms with E-state index in [1.54, 1.807) is 30.3 Å². The number of fused-ring (bicyclic) bond motifs is 3. The Labute approximate surface area is 131 Å². The summed E-state index contributed by atoms with van der Waals surface area (Å²) in [7, 11) is 0. The van der Waals surface area contributed by atoms with E-state index in [2.05, 4.69) is 21.7 Å². The summed E-state index contributed by atoms with van der Waals surface area (Å²) in [5.41, 5.74) is 1.89. The van der Waals surface area contributed by atoms with Gasteiger partial charge in [0.1, 0.15) is 29.8 Å². The van der Waals surface area contributed by atoms with E-state index in [9.17, 15) is 9.90 Å². The molecule has 0 saturated heterocycles. The van der Waals surface area contributed by atoms with Crippen molar-refractivity contribution in [1.29, 1.82) is 5.26 Å². The minimum absolute atomic E-state index is 0.215. The standard InChI is InChI=1S/C16H10N4O3/c1-2-7-23-20-13-10-6-4-3-5-9(10)12-15(13)18-11(8-17)14(19-12)16(21)22/h2-6H,1,7H2,(H,21,22). The molecule has 1 heterocycles. The Morgan fingerprint density at radius 3 is 2.74 bits per heavy atom. The first-order valence-electron chi connectivity index (χ1n) is 6.63. The van der Waals surface area contributed by atoms with Gasteiger partial charge in [-0.25, -0.2) is 14.8 Å². The smallest absolute Gasteiger partial charge is 0.357 e. The van der Waals surface area contributed by atoms with Gasteiger partial charge in [0, 0.05) is 11.1 Å². The van der Waals surface area contributed by atoms with Gasteiger partial charge in [0.05, 0.1) is 0 Å². The Kier molecular flexibility index (Phi) is 3.57. The topological polar surface area (TPSA) is 108 Å². The summed E-state index contributed by atoms with van der Waals surface area (Å²) in [6.45, 7) is 3.76. The van der Waals surface area contributed by atoms with Crippen molar-refractivity contribution in [3.05, 3.63) is 59.6 Å². The molecule has 3 rings (SSSR count). The molecule has 23 heavy (non-hydrogen) atoms. The Morgan fingerprint density at radius 1 is 1.35 bits per heavy atom. The van der Waals surface area contributed by atoms with Crippen LogP contribution in [0.15, 0.2) is 42.1 Å². The third-order valence-electron chi connectivity index (χ3n) is 3.21. The number of aromatic nitrogens is 2. The molecule has 1 aromatic heterocycles. The molecule has 0 bridgehead atoms. The van der Waals surface area contributed by atoms with Crippen LogP contribution in [0.2, 0.25) is 0 Å². The predicted molar refractivity (Wildman–Crippen MR) is 80.9 cm³/mol. The first-order chi connectivity index (χ1) is 11.2. The van der Waals surface area contributed by atoms with Crippen LogP contribution in [0.25, 0.3) is 11.3 Å². The number of benzene rings is 1. The highest BCUT2D eigenvalue weighted by Gasteiger charge is 2.31. The van der Waals surface area contributed by atoms with Gasteiger partial charge in [0.2, 0.25) is 0 Å².